The average molecular weight is 349 g/mol. The summed E-state index contributed by atoms with van der Waals surface area (Å²) in [7, 11) is -1.77. The van der Waals surface area contributed by atoms with Crippen LogP contribution < -0.4 is 10.1 Å². The number of pyridine rings is 1. The number of hydrogen-bond donors (Lipinski definition) is 1. The van der Waals surface area contributed by atoms with E-state index < -0.39 is 8.32 Å². The maximum absolute atomic E-state index is 6.61. The first kappa shape index (κ1) is 17.9. The Morgan fingerprint density at radius 2 is 1.88 bits per heavy atom. The molecule has 134 valence electrons. The van der Waals surface area contributed by atoms with E-state index in [-0.39, 0.29) is 11.1 Å². The van der Waals surface area contributed by atoms with Gasteiger partial charge in [0, 0.05) is 0 Å². The van der Waals surface area contributed by atoms with Crippen molar-refractivity contribution in [2.75, 3.05) is 13.1 Å². The zero-order chi connectivity index (χ0) is 17.4. The number of nitrogens with one attached hydrogen (secondary N) is 1. The van der Waals surface area contributed by atoms with Crippen molar-refractivity contribution in [1.29, 1.82) is 0 Å². The molecular weight excluding hydrogens is 316 g/mol. The monoisotopic (exact) mass is 348 g/mol. The van der Waals surface area contributed by atoms with Crippen molar-refractivity contribution in [3.63, 3.8) is 0 Å². The summed E-state index contributed by atoms with van der Waals surface area (Å²) < 4.78 is 12.7. The van der Waals surface area contributed by atoms with Crippen molar-refractivity contribution in [2.45, 2.75) is 76.8 Å². The number of aromatic nitrogens is 1. The first-order chi connectivity index (χ1) is 11.3. The summed E-state index contributed by atoms with van der Waals surface area (Å²) in [5.41, 5.74) is 2.45. The molecule has 1 aliphatic carbocycles. The van der Waals surface area contributed by atoms with Crippen molar-refractivity contribution in [3.8, 4) is 5.75 Å². The number of ether oxygens (including phenoxy) is 1. The Hall–Kier alpha value is -0.913. The van der Waals surface area contributed by atoms with Crippen LogP contribution in [-0.2, 0) is 10.8 Å². The molecule has 0 spiro atoms. The van der Waals surface area contributed by atoms with Gasteiger partial charge in [-0.15, -0.1) is 0 Å². The third-order valence-corrected chi connectivity index (χ3v) is 10.3. The minimum absolute atomic E-state index is 0.161. The van der Waals surface area contributed by atoms with Crippen LogP contribution in [0, 0.1) is 0 Å². The molecule has 5 heteroatoms. The third kappa shape index (κ3) is 3.84. The molecule has 3 rings (SSSR count). The molecule has 2 aliphatic rings. The van der Waals surface area contributed by atoms with Crippen molar-refractivity contribution in [3.05, 3.63) is 23.5 Å². The highest BCUT2D eigenvalue weighted by molar-refractivity contribution is 6.74. The summed E-state index contributed by atoms with van der Waals surface area (Å²) in [6.45, 7) is 13.6. The van der Waals surface area contributed by atoms with E-state index in [4.69, 9.17) is 14.1 Å². The molecule has 0 bridgehead atoms. The summed E-state index contributed by atoms with van der Waals surface area (Å²) >= 11 is 0. The molecule has 4 nitrogen and oxygen atoms in total. The Morgan fingerprint density at radius 3 is 2.54 bits per heavy atom. The first-order valence-corrected chi connectivity index (χ1v) is 12.2. The summed E-state index contributed by atoms with van der Waals surface area (Å²) in [5.74, 6) is 0.925. The maximum atomic E-state index is 6.61. The number of piperidine rings is 1. The zero-order valence-electron chi connectivity index (χ0n) is 15.8. The topological polar surface area (TPSA) is 43.4 Å². The molecule has 1 unspecified atom stereocenters. The first-order valence-electron chi connectivity index (χ1n) is 9.30. The Balaban J connectivity index is 1.69. The lowest BCUT2D eigenvalue weighted by molar-refractivity contribution is 0.161. The molecule has 1 saturated heterocycles. The van der Waals surface area contributed by atoms with E-state index >= 15 is 0 Å². The van der Waals surface area contributed by atoms with Gasteiger partial charge in [-0.05, 0) is 68.5 Å². The van der Waals surface area contributed by atoms with Gasteiger partial charge >= 0.3 is 0 Å². The summed E-state index contributed by atoms with van der Waals surface area (Å²) in [5, 5.41) is 3.60. The quantitative estimate of drug-likeness (QED) is 0.827. The second-order valence-electron chi connectivity index (χ2n) is 8.69. The highest BCUT2D eigenvalue weighted by Crippen LogP contribution is 2.43. The fourth-order valence-corrected chi connectivity index (χ4v) is 4.52. The second-order valence-corrected chi connectivity index (χ2v) is 13.4. The number of aryl methyl sites for hydroxylation is 1. The predicted molar refractivity (Wildman–Crippen MR) is 100 cm³/mol. The Labute approximate surface area is 147 Å². The molecule has 1 aliphatic heterocycles. The van der Waals surface area contributed by atoms with Crippen molar-refractivity contribution < 1.29 is 9.16 Å². The fourth-order valence-electron chi connectivity index (χ4n) is 3.23. The Morgan fingerprint density at radius 1 is 1.17 bits per heavy atom. The molecule has 2 heterocycles. The van der Waals surface area contributed by atoms with Gasteiger partial charge in [0.25, 0.3) is 0 Å². The minimum Gasteiger partial charge on any atom is -0.489 e. The Kier molecular flexibility index (Phi) is 5.05. The van der Waals surface area contributed by atoms with E-state index in [0.29, 0.717) is 6.10 Å². The van der Waals surface area contributed by atoms with Gasteiger partial charge in [0.15, 0.2) is 8.32 Å². The minimum atomic E-state index is -1.77. The molecule has 1 aromatic rings. The van der Waals surface area contributed by atoms with E-state index in [1.807, 2.05) is 6.20 Å². The van der Waals surface area contributed by atoms with Gasteiger partial charge in [-0.3, -0.25) is 4.98 Å². The number of fused-ring (bicyclic) bond motifs is 1. The van der Waals surface area contributed by atoms with Gasteiger partial charge < -0.3 is 14.5 Å². The van der Waals surface area contributed by atoms with Crippen LogP contribution in [0.1, 0.15) is 57.4 Å². The third-order valence-electron chi connectivity index (χ3n) is 5.79. The van der Waals surface area contributed by atoms with Crippen molar-refractivity contribution >= 4 is 8.32 Å². The molecule has 0 saturated carbocycles. The van der Waals surface area contributed by atoms with Crippen LogP contribution in [0.25, 0.3) is 0 Å². The van der Waals surface area contributed by atoms with E-state index in [0.717, 1.165) is 50.2 Å². The van der Waals surface area contributed by atoms with Crippen LogP contribution in [-0.4, -0.2) is 32.5 Å². The summed E-state index contributed by atoms with van der Waals surface area (Å²) in [4.78, 5) is 4.73. The average Bonchev–Trinajstić information content (AvgIpc) is 2.89. The smallest absolute Gasteiger partial charge is 0.192 e. The SMILES string of the molecule is CC(C)(C)[Si](C)(C)OC1CCc2cc(OC3CCNCC3)cnc21. The van der Waals surface area contributed by atoms with Crippen LogP contribution in [0.4, 0.5) is 0 Å². The lowest BCUT2D eigenvalue weighted by Gasteiger charge is -2.38. The van der Waals surface area contributed by atoms with Gasteiger partial charge in [-0.2, -0.15) is 0 Å². The molecule has 0 aromatic carbocycles. The highest BCUT2D eigenvalue weighted by Gasteiger charge is 2.41. The number of rotatable bonds is 4. The lowest BCUT2D eigenvalue weighted by Crippen LogP contribution is -2.41. The van der Waals surface area contributed by atoms with Crippen LogP contribution in [0.3, 0.4) is 0 Å². The van der Waals surface area contributed by atoms with E-state index in [2.05, 4.69) is 45.2 Å². The van der Waals surface area contributed by atoms with Crippen molar-refractivity contribution in [1.82, 2.24) is 10.3 Å². The van der Waals surface area contributed by atoms with Gasteiger partial charge in [0.05, 0.1) is 18.0 Å². The van der Waals surface area contributed by atoms with Crippen molar-refractivity contribution in [2.24, 2.45) is 0 Å². The van der Waals surface area contributed by atoms with Gasteiger partial charge in [0.2, 0.25) is 0 Å². The molecule has 0 amide bonds. The van der Waals surface area contributed by atoms with E-state index in [9.17, 15) is 0 Å². The Bertz CT molecular complexity index is 577. The summed E-state index contributed by atoms with van der Waals surface area (Å²) in [6.07, 6.45) is 6.63. The van der Waals surface area contributed by atoms with E-state index in [1.54, 1.807) is 0 Å². The zero-order valence-corrected chi connectivity index (χ0v) is 16.8. The van der Waals surface area contributed by atoms with Crippen LogP contribution >= 0.6 is 0 Å². The van der Waals surface area contributed by atoms with Gasteiger partial charge in [-0.1, -0.05) is 20.8 Å². The molecule has 24 heavy (non-hydrogen) atoms. The molecule has 0 radical (unpaired) electrons. The fraction of sp³-hybridized carbons (Fsp3) is 0.737. The van der Waals surface area contributed by atoms with Crippen LogP contribution in [0.2, 0.25) is 18.1 Å². The molecular formula is C19H32N2O2Si. The van der Waals surface area contributed by atoms with Crippen LogP contribution in [0.5, 0.6) is 5.75 Å². The number of hydrogen-bond acceptors (Lipinski definition) is 4. The van der Waals surface area contributed by atoms with Gasteiger partial charge in [-0.25, -0.2) is 0 Å². The van der Waals surface area contributed by atoms with Crippen LogP contribution in [0.15, 0.2) is 12.3 Å². The normalized spacial score (nSPS) is 22.5. The van der Waals surface area contributed by atoms with E-state index in [1.165, 1.54) is 5.56 Å². The largest absolute Gasteiger partial charge is 0.489 e. The highest BCUT2D eigenvalue weighted by atomic mass is 28.4. The predicted octanol–water partition coefficient (Wildman–Crippen LogP) is 4.22. The molecule has 1 atom stereocenters. The molecule has 1 N–H and O–H groups in total. The van der Waals surface area contributed by atoms with Gasteiger partial charge in [0.1, 0.15) is 11.9 Å². The number of nitrogens with zero attached hydrogens (tertiary/aromatic N) is 1. The maximum Gasteiger partial charge on any atom is 0.192 e. The lowest BCUT2D eigenvalue weighted by atomic mass is 10.1. The molecule has 1 fully saturated rings. The standard InChI is InChI=1S/C19H32N2O2Si/c1-19(2,3)24(4,5)23-17-7-6-14-12-16(13-21-18(14)17)22-15-8-10-20-11-9-15/h12-13,15,17,20H,6-11H2,1-5H3. The molecule has 1 aromatic heterocycles. The summed E-state index contributed by atoms with van der Waals surface area (Å²) in [6, 6.07) is 2.19. The second kappa shape index (κ2) is 6.77.